The van der Waals surface area contributed by atoms with E-state index < -0.39 is 0 Å². The van der Waals surface area contributed by atoms with Crippen molar-refractivity contribution in [3.63, 3.8) is 0 Å². The summed E-state index contributed by atoms with van der Waals surface area (Å²) in [5, 5.41) is 9.66. The predicted octanol–water partition coefficient (Wildman–Crippen LogP) is 3.71. The number of thiazole rings is 1. The second kappa shape index (κ2) is 11.6. The molecular weight excluding hydrogens is 458 g/mol. The first-order valence-electron chi connectivity index (χ1n) is 7.42. The maximum absolute atomic E-state index is 13.5. The minimum Gasteiger partial charge on any atom is -0.356 e. The summed E-state index contributed by atoms with van der Waals surface area (Å²) in [6.45, 7) is 3.51. The summed E-state index contributed by atoms with van der Waals surface area (Å²) in [6.07, 6.45) is 0.870. The smallest absolute Gasteiger partial charge is 0.191 e. The Morgan fingerprint density at radius 1 is 1.29 bits per heavy atom. The fourth-order valence-corrected chi connectivity index (χ4v) is 3.40. The minimum atomic E-state index is -0.168. The highest BCUT2D eigenvalue weighted by Crippen LogP contribution is 2.20. The zero-order valence-electron chi connectivity index (χ0n) is 13.7. The van der Waals surface area contributed by atoms with Gasteiger partial charge >= 0.3 is 0 Å². The standard InChI is InChI=1S/C16H21FN4S2.HI/c1-12-21-13(11-23-12)7-8-19-16(18-2)20-9-10-22-15-6-4-3-5-14(15)17;/h3-6,11H,7-10H2,1-2H3,(H2,18,19,20);1H. The van der Waals surface area contributed by atoms with Crippen molar-refractivity contribution in [1.82, 2.24) is 15.6 Å². The number of halogens is 2. The summed E-state index contributed by atoms with van der Waals surface area (Å²) in [5.41, 5.74) is 1.10. The molecule has 4 nitrogen and oxygen atoms in total. The van der Waals surface area contributed by atoms with Gasteiger partial charge in [0.05, 0.1) is 10.7 Å². The highest BCUT2D eigenvalue weighted by molar-refractivity contribution is 14.0. The van der Waals surface area contributed by atoms with Crippen LogP contribution in [-0.4, -0.2) is 36.8 Å². The van der Waals surface area contributed by atoms with Crippen molar-refractivity contribution in [2.75, 3.05) is 25.9 Å². The summed E-state index contributed by atoms with van der Waals surface area (Å²) in [7, 11) is 1.74. The van der Waals surface area contributed by atoms with Gasteiger partial charge in [-0.05, 0) is 19.1 Å². The average molecular weight is 480 g/mol. The Labute approximate surface area is 167 Å². The van der Waals surface area contributed by atoms with Gasteiger partial charge in [-0.2, -0.15) is 0 Å². The molecule has 0 saturated carbocycles. The van der Waals surface area contributed by atoms with E-state index in [4.69, 9.17) is 0 Å². The summed E-state index contributed by atoms with van der Waals surface area (Å²) in [5.74, 6) is 1.36. The van der Waals surface area contributed by atoms with E-state index in [-0.39, 0.29) is 29.8 Å². The average Bonchev–Trinajstić information content (AvgIpc) is 2.96. The number of hydrogen-bond donors (Lipinski definition) is 2. The van der Waals surface area contributed by atoms with Crippen molar-refractivity contribution < 1.29 is 4.39 Å². The van der Waals surface area contributed by atoms with Crippen LogP contribution in [0.3, 0.4) is 0 Å². The molecule has 0 bridgehead atoms. The summed E-state index contributed by atoms with van der Waals surface area (Å²) in [6, 6.07) is 6.83. The molecule has 2 aromatic rings. The van der Waals surface area contributed by atoms with Crippen LogP contribution in [0.4, 0.5) is 4.39 Å². The number of aromatic nitrogens is 1. The molecular formula is C16H22FIN4S2. The first kappa shape index (κ1) is 21.2. The SMILES string of the molecule is CN=C(NCCSc1ccccc1F)NCCc1csc(C)n1.I. The van der Waals surface area contributed by atoms with Crippen molar-refractivity contribution in [1.29, 1.82) is 0 Å². The molecule has 0 saturated heterocycles. The number of benzene rings is 1. The molecule has 2 rings (SSSR count). The molecule has 0 unspecified atom stereocenters. The molecule has 8 heteroatoms. The lowest BCUT2D eigenvalue weighted by molar-refractivity contribution is 0.602. The van der Waals surface area contributed by atoms with E-state index in [0.29, 0.717) is 11.4 Å². The Morgan fingerprint density at radius 3 is 2.71 bits per heavy atom. The van der Waals surface area contributed by atoms with Crippen LogP contribution in [0.2, 0.25) is 0 Å². The van der Waals surface area contributed by atoms with Crippen LogP contribution in [0, 0.1) is 12.7 Å². The number of aryl methyl sites for hydroxylation is 1. The molecule has 0 aliphatic rings. The Morgan fingerprint density at radius 2 is 2.04 bits per heavy atom. The Bertz CT molecular complexity index is 649. The Hall–Kier alpha value is -0.870. The predicted molar refractivity (Wildman–Crippen MR) is 112 cm³/mol. The highest BCUT2D eigenvalue weighted by atomic mass is 127. The van der Waals surface area contributed by atoms with Gasteiger partial charge in [0.2, 0.25) is 0 Å². The molecule has 1 aromatic carbocycles. The lowest BCUT2D eigenvalue weighted by Crippen LogP contribution is -2.39. The normalized spacial score (nSPS) is 11.0. The Balaban J connectivity index is 0.00000288. The van der Waals surface area contributed by atoms with Crippen molar-refractivity contribution in [3.05, 3.63) is 46.2 Å². The number of aliphatic imine (C=N–C) groups is 1. The Kier molecular flexibility index (Phi) is 10.3. The van der Waals surface area contributed by atoms with Crippen LogP contribution in [0.1, 0.15) is 10.7 Å². The second-order valence-corrected chi connectivity index (χ2v) is 7.01. The molecule has 0 fully saturated rings. The fraction of sp³-hybridized carbons (Fsp3) is 0.375. The first-order chi connectivity index (χ1) is 11.2. The van der Waals surface area contributed by atoms with Crippen molar-refractivity contribution in [3.8, 4) is 0 Å². The molecule has 0 aliphatic heterocycles. The molecule has 1 heterocycles. The lowest BCUT2D eigenvalue weighted by Gasteiger charge is -2.11. The van der Waals surface area contributed by atoms with Gasteiger partial charge in [0.15, 0.2) is 5.96 Å². The monoisotopic (exact) mass is 480 g/mol. The van der Waals surface area contributed by atoms with Crippen LogP contribution in [-0.2, 0) is 6.42 Å². The van der Waals surface area contributed by atoms with E-state index in [0.717, 1.165) is 35.4 Å². The number of nitrogens with zero attached hydrogens (tertiary/aromatic N) is 2. The number of thioether (sulfide) groups is 1. The molecule has 0 radical (unpaired) electrons. The summed E-state index contributed by atoms with van der Waals surface area (Å²) in [4.78, 5) is 9.29. The number of guanidine groups is 1. The quantitative estimate of drug-likeness (QED) is 0.209. The van der Waals surface area contributed by atoms with Gasteiger partial charge in [0, 0.05) is 42.6 Å². The third-order valence-corrected chi connectivity index (χ3v) is 4.93. The third kappa shape index (κ3) is 7.35. The molecule has 0 aliphatic carbocycles. The molecule has 2 N–H and O–H groups in total. The van der Waals surface area contributed by atoms with Crippen LogP contribution in [0.25, 0.3) is 0 Å². The largest absolute Gasteiger partial charge is 0.356 e. The third-order valence-electron chi connectivity index (χ3n) is 3.05. The van der Waals surface area contributed by atoms with Crippen molar-refractivity contribution in [2.24, 2.45) is 4.99 Å². The van der Waals surface area contributed by atoms with Crippen LogP contribution < -0.4 is 10.6 Å². The zero-order valence-corrected chi connectivity index (χ0v) is 17.7. The van der Waals surface area contributed by atoms with Gasteiger partial charge in [-0.1, -0.05) is 12.1 Å². The second-order valence-electron chi connectivity index (χ2n) is 4.81. The fourth-order valence-electron chi connectivity index (χ4n) is 1.94. The number of rotatable bonds is 7. The van der Waals surface area contributed by atoms with Gasteiger partial charge < -0.3 is 10.6 Å². The molecule has 132 valence electrons. The topological polar surface area (TPSA) is 49.3 Å². The number of hydrogen-bond acceptors (Lipinski definition) is 4. The van der Waals surface area contributed by atoms with E-state index in [1.54, 1.807) is 30.5 Å². The zero-order chi connectivity index (χ0) is 16.5. The number of nitrogens with one attached hydrogen (secondary N) is 2. The van der Waals surface area contributed by atoms with E-state index in [2.05, 4.69) is 26.0 Å². The highest BCUT2D eigenvalue weighted by Gasteiger charge is 2.02. The van der Waals surface area contributed by atoms with Gasteiger partial charge in [0.1, 0.15) is 5.82 Å². The molecule has 0 amide bonds. The van der Waals surface area contributed by atoms with E-state index in [1.165, 1.54) is 17.8 Å². The maximum atomic E-state index is 13.5. The summed E-state index contributed by atoms with van der Waals surface area (Å²) >= 11 is 3.16. The lowest BCUT2D eigenvalue weighted by atomic mass is 10.3. The van der Waals surface area contributed by atoms with E-state index >= 15 is 0 Å². The van der Waals surface area contributed by atoms with Gasteiger partial charge in [-0.15, -0.1) is 47.1 Å². The molecule has 0 atom stereocenters. The van der Waals surface area contributed by atoms with Crippen LogP contribution >= 0.6 is 47.1 Å². The van der Waals surface area contributed by atoms with Gasteiger partial charge in [0.25, 0.3) is 0 Å². The minimum absolute atomic E-state index is 0. The van der Waals surface area contributed by atoms with Crippen LogP contribution in [0.15, 0.2) is 39.5 Å². The maximum Gasteiger partial charge on any atom is 0.191 e. The molecule has 1 aromatic heterocycles. The molecule has 24 heavy (non-hydrogen) atoms. The van der Waals surface area contributed by atoms with Gasteiger partial charge in [-0.25, -0.2) is 9.37 Å². The molecule has 0 spiro atoms. The van der Waals surface area contributed by atoms with E-state index in [9.17, 15) is 4.39 Å². The van der Waals surface area contributed by atoms with E-state index in [1.807, 2.05) is 13.0 Å². The van der Waals surface area contributed by atoms with Crippen LogP contribution in [0.5, 0.6) is 0 Å². The van der Waals surface area contributed by atoms with Gasteiger partial charge in [-0.3, -0.25) is 4.99 Å². The van der Waals surface area contributed by atoms with Crippen molar-refractivity contribution >= 4 is 53.0 Å². The summed E-state index contributed by atoms with van der Waals surface area (Å²) < 4.78 is 13.5. The van der Waals surface area contributed by atoms with Crippen molar-refractivity contribution in [2.45, 2.75) is 18.2 Å². The first-order valence-corrected chi connectivity index (χ1v) is 9.28.